The molecule has 3 nitrogen and oxygen atoms in total. The van der Waals surface area contributed by atoms with E-state index in [1.807, 2.05) is 0 Å². The van der Waals surface area contributed by atoms with Crippen molar-refractivity contribution in [2.24, 2.45) is 0 Å². The maximum Gasteiger partial charge on any atom is 0.283 e. The second-order valence-corrected chi connectivity index (χ2v) is 3.15. The molecule has 0 radical (unpaired) electrons. The summed E-state index contributed by atoms with van der Waals surface area (Å²) in [6.07, 6.45) is 1.85. The Labute approximate surface area is 70.6 Å². The number of halogens is 1. The van der Waals surface area contributed by atoms with Crippen LogP contribution in [0.2, 0.25) is 0 Å². The van der Waals surface area contributed by atoms with Crippen LogP contribution >= 0.6 is 11.6 Å². The predicted octanol–water partition coefficient (Wildman–Crippen LogP) is 1.10. The topological polar surface area (TPSA) is 27.7 Å². The van der Waals surface area contributed by atoms with Crippen LogP contribution in [0.15, 0.2) is 0 Å². The smallest absolute Gasteiger partial charge is 0.283 e. The van der Waals surface area contributed by atoms with Crippen LogP contribution in [-0.2, 0) is 14.2 Å². The minimum absolute atomic E-state index is 0.00904. The van der Waals surface area contributed by atoms with Gasteiger partial charge < -0.3 is 14.2 Å². The van der Waals surface area contributed by atoms with E-state index in [9.17, 15) is 0 Å². The largest absolute Gasteiger partial charge is 0.327 e. The van der Waals surface area contributed by atoms with Gasteiger partial charge in [0.1, 0.15) is 6.10 Å². The number of hydrogen-bond donors (Lipinski definition) is 0. The highest BCUT2D eigenvalue weighted by Gasteiger charge is 2.45. The van der Waals surface area contributed by atoms with E-state index in [0.717, 1.165) is 19.4 Å². The van der Waals surface area contributed by atoms with Crippen molar-refractivity contribution >= 4 is 11.6 Å². The Morgan fingerprint density at radius 1 is 1.45 bits per heavy atom. The van der Waals surface area contributed by atoms with Crippen molar-refractivity contribution in [3.8, 4) is 0 Å². The highest BCUT2D eigenvalue weighted by molar-refractivity contribution is 6.18. The van der Waals surface area contributed by atoms with Gasteiger partial charge in [0.15, 0.2) is 0 Å². The summed E-state index contributed by atoms with van der Waals surface area (Å²) in [6, 6.07) is 0. The molecular weight excluding hydrogens is 168 g/mol. The van der Waals surface area contributed by atoms with Crippen LogP contribution in [0.25, 0.3) is 0 Å². The van der Waals surface area contributed by atoms with Crippen LogP contribution in [-0.4, -0.2) is 31.2 Å². The average molecular weight is 179 g/mol. The summed E-state index contributed by atoms with van der Waals surface area (Å²) in [7, 11) is 0. The quantitative estimate of drug-likeness (QED) is 0.563. The minimum atomic E-state index is -0.723. The molecule has 2 heterocycles. The Kier molecular flexibility index (Phi) is 2.06. The lowest BCUT2D eigenvalue weighted by molar-refractivity contribution is -0.312. The van der Waals surface area contributed by atoms with Gasteiger partial charge in [-0.15, -0.1) is 11.6 Å². The Balaban J connectivity index is 1.96. The monoisotopic (exact) mass is 178 g/mol. The first-order valence-electron chi connectivity index (χ1n) is 3.86. The molecule has 0 amide bonds. The van der Waals surface area contributed by atoms with Crippen LogP contribution in [0.3, 0.4) is 0 Å². The van der Waals surface area contributed by atoms with Crippen LogP contribution in [0.1, 0.15) is 12.8 Å². The molecule has 0 N–H and O–H groups in total. The highest BCUT2D eigenvalue weighted by atomic mass is 35.5. The maximum atomic E-state index is 5.61. The lowest BCUT2D eigenvalue weighted by Gasteiger charge is -2.20. The Morgan fingerprint density at radius 2 is 2.36 bits per heavy atom. The van der Waals surface area contributed by atoms with Crippen molar-refractivity contribution in [3.05, 3.63) is 0 Å². The molecule has 2 rings (SSSR count). The molecule has 2 aliphatic heterocycles. The molecule has 11 heavy (non-hydrogen) atoms. The van der Waals surface area contributed by atoms with Gasteiger partial charge in [-0.3, -0.25) is 0 Å². The van der Waals surface area contributed by atoms with Crippen molar-refractivity contribution in [1.29, 1.82) is 0 Å². The third-order valence-electron chi connectivity index (χ3n) is 1.96. The van der Waals surface area contributed by atoms with E-state index in [-0.39, 0.29) is 6.10 Å². The maximum absolute atomic E-state index is 5.61. The molecule has 1 spiro atoms. The van der Waals surface area contributed by atoms with E-state index in [1.54, 1.807) is 0 Å². The first kappa shape index (κ1) is 7.80. The fourth-order valence-corrected chi connectivity index (χ4v) is 1.57. The summed E-state index contributed by atoms with van der Waals surface area (Å²) >= 11 is 5.61. The van der Waals surface area contributed by atoms with Crippen LogP contribution in [0.4, 0.5) is 0 Å². The van der Waals surface area contributed by atoms with E-state index >= 15 is 0 Å². The van der Waals surface area contributed by atoms with Crippen molar-refractivity contribution < 1.29 is 14.2 Å². The second-order valence-electron chi connectivity index (χ2n) is 2.84. The highest BCUT2D eigenvalue weighted by Crippen LogP contribution is 2.34. The third-order valence-corrected chi connectivity index (χ3v) is 2.30. The van der Waals surface area contributed by atoms with Gasteiger partial charge in [0.2, 0.25) is 0 Å². The van der Waals surface area contributed by atoms with E-state index in [4.69, 9.17) is 25.8 Å². The standard InChI is InChI=1S/C7H11ClO3/c8-4-6-5-10-7(11-6)2-1-3-9-7/h6H,1-5H2. The SMILES string of the molecule is ClCC1COC2(CCCO2)O1. The summed E-state index contributed by atoms with van der Waals surface area (Å²) in [5.74, 6) is -0.245. The number of ether oxygens (including phenoxy) is 3. The minimum Gasteiger partial charge on any atom is -0.327 e. The first-order valence-corrected chi connectivity index (χ1v) is 4.40. The molecule has 4 heteroatoms. The van der Waals surface area contributed by atoms with Gasteiger partial charge >= 0.3 is 0 Å². The van der Waals surface area contributed by atoms with Crippen molar-refractivity contribution in [2.75, 3.05) is 19.1 Å². The van der Waals surface area contributed by atoms with Crippen LogP contribution in [0.5, 0.6) is 0 Å². The van der Waals surface area contributed by atoms with Gasteiger partial charge in [-0.2, -0.15) is 0 Å². The second kappa shape index (κ2) is 2.90. The zero-order valence-corrected chi connectivity index (χ0v) is 6.97. The molecule has 0 saturated carbocycles. The molecule has 0 aromatic heterocycles. The Morgan fingerprint density at radius 3 is 2.91 bits per heavy atom. The summed E-state index contributed by atoms with van der Waals surface area (Å²) in [4.78, 5) is 0. The van der Waals surface area contributed by atoms with Crippen LogP contribution < -0.4 is 0 Å². The van der Waals surface area contributed by atoms with Gasteiger partial charge in [-0.1, -0.05) is 0 Å². The summed E-state index contributed by atoms with van der Waals surface area (Å²) in [5, 5.41) is 0. The predicted molar refractivity (Wildman–Crippen MR) is 39.5 cm³/mol. The lowest BCUT2D eigenvalue weighted by Crippen LogP contribution is -2.29. The molecule has 0 bridgehead atoms. The summed E-state index contributed by atoms with van der Waals surface area (Å²) in [5.41, 5.74) is 0. The van der Waals surface area contributed by atoms with Gasteiger partial charge in [-0.25, -0.2) is 0 Å². The molecule has 0 aromatic carbocycles. The molecule has 2 fully saturated rings. The fraction of sp³-hybridized carbons (Fsp3) is 1.00. The molecular formula is C7H11ClO3. The molecule has 2 saturated heterocycles. The van der Waals surface area contributed by atoms with Gasteiger partial charge in [0.05, 0.1) is 19.1 Å². The number of rotatable bonds is 1. The lowest BCUT2D eigenvalue weighted by atomic mass is 10.3. The zero-order chi connectivity index (χ0) is 7.73. The fourth-order valence-electron chi connectivity index (χ4n) is 1.41. The van der Waals surface area contributed by atoms with E-state index < -0.39 is 5.97 Å². The summed E-state index contributed by atoms with van der Waals surface area (Å²) in [6.45, 7) is 1.29. The van der Waals surface area contributed by atoms with Gasteiger partial charge in [0, 0.05) is 6.42 Å². The normalized spacial score (nSPS) is 43.9. The van der Waals surface area contributed by atoms with Gasteiger partial charge in [0.25, 0.3) is 5.97 Å². The molecule has 64 valence electrons. The first-order chi connectivity index (χ1) is 5.35. The van der Waals surface area contributed by atoms with Crippen LogP contribution in [0, 0.1) is 0 Å². The van der Waals surface area contributed by atoms with Crippen molar-refractivity contribution in [2.45, 2.75) is 24.9 Å². The zero-order valence-electron chi connectivity index (χ0n) is 6.22. The Bertz CT molecular complexity index is 145. The van der Waals surface area contributed by atoms with Crippen molar-refractivity contribution in [1.82, 2.24) is 0 Å². The molecule has 2 aliphatic rings. The van der Waals surface area contributed by atoms with Gasteiger partial charge in [-0.05, 0) is 6.42 Å². The molecule has 0 aliphatic carbocycles. The number of alkyl halides is 1. The van der Waals surface area contributed by atoms with E-state index in [0.29, 0.717) is 12.5 Å². The molecule has 2 atom stereocenters. The third kappa shape index (κ3) is 1.38. The molecule has 2 unspecified atom stereocenters. The summed E-state index contributed by atoms with van der Waals surface area (Å²) < 4.78 is 16.2. The molecule has 0 aromatic rings. The van der Waals surface area contributed by atoms with Crippen molar-refractivity contribution in [3.63, 3.8) is 0 Å². The number of hydrogen-bond acceptors (Lipinski definition) is 3. The van der Waals surface area contributed by atoms with E-state index in [1.165, 1.54) is 0 Å². The average Bonchev–Trinajstić information content (AvgIpc) is 2.62. The Hall–Kier alpha value is 0.170. The van der Waals surface area contributed by atoms with E-state index in [2.05, 4.69) is 0 Å².